The monoisotopic (exact) mass is 178 g/mol. The zero-order valence-corrected chi connectivity index (χ0v) is 6.20. The number of halogens is 4. The van der Waals surface area contributed by atoms with Gasteiger partial charge in [-0.15, -0.1) is 0 Å². The van der Waals surface area contributed by atoms with Gasteiger partial charge in [-0.2, -0.15) is 8.78 Å². The second kappa shape index (κ2) is 4.09. The first kappa shape index (κ1) is 10.1. The maximum atomic E-state index is 11.8. The third-order valence-corrected chi connectivity index (χ3v) is 1.10. The molecule has 1 nitrogen and oxygen atoms in total. The van der Waals surface area contributed by atoms with E-state index in [1.54, 1.807) is 6.66 Å². The summed E-state index contributed by atoms with van der Waals surface area (Å²) in [5.41, 5.74) is 0. The molecular weight excluding hydrogens is 171 g/mol. The van der Waals surface area contributed by atoms with Gasteiger partial charge in [0.25, 0.3) is 0 Å². The minimum atomic E-state index is -4.27. The fourth-order valence-corrected chi connectivity index (χ4v) is 0.568. The molecule has 0 fully saturated rings. The van der Waals surface area contributed by atoms with Gasteiger partial charge in [-0.1, -0.05) is 8.58 Å². The summed E-state index contributed by atoms with van der Waals surface area (Å²) in [7, 11) is 0.0885. The van der Waals surface area contributed by atoms with Gasteiger partial charge in [-0.25, -0.2) is 8.78 Å². The third-order valence-electron chi connectivity index (χ3n) is 0.663. The summed E-state index contributed by atoms with van der Waals surface area (Å²) >= 11 is 0. The van der Waals surface area contributed by atoms with Gasteiger partial charge in [0.15, 0.2) is 0 Å². The van der Waals surface area contributed by atoms with Crippen LogP contribution in [0.1, 0.15) is 0 Å². The lowest BCUT2D eigenvalue weighted by Gasteiger charge is -2.14. The van der Waals surface area contributed by atoms with Crippen LogP contribution in [0, 0.1) is 0 Å². The Balaban J connectivity index is 3.63. The summed E-state index contributed by atoms with van der Waals surface area (Å²) in [4.78, 5) is 0. The van der Waals surface area contributed by atoms with E-state index in [0.717, 1.165) is 0 Å². The molecule has 6 heteroatoms. The van der Waals surface area contributed by atoms with E-state index in [4.69, 9.17) is 0 Å². The topological polar surface area (TPSA) is 9.23 Å². The van der Waals surface area contributed by atoms with Crippen molar-refractivity contribution in [3.63, 3.8) is 0 Å². The highest BCUT2D eigenvalue weighted by Gasteiger charge is 2.41. The Bertz CT molecular complexity index is 97.3. The second-order valence-corrected chi connectivity index (χ2v) is 2.50. The quantitative estimate of drug-likeness (QED) is 0.473. The second-order valence-electron chi connectivity index (χ2n) is 1.50. The molecule has 1 unspecified atom stereocenters. The lowest BCUT2D eigenvalue weighted by molar-refractivity contribution is -0.291. The largest absolute Gasteiger partial charge is 0.416 e. The van der Waals surface area contributed by atoms with Gasteiger partial charge >= 0.3 is 12.5 Å². The molecule has 0 bridgehead atoms. The molecule has 0 aliphatic heterocycles. The molecule has 0 rings (SSSR count). The highest BCUT2D eigenvalue weighted by atomic mass is 31.1. The maximum Gasteiger partial charge on any atom is 0.416 e. The fourth-order valence-electron chi connectivity index (χ4n) is 0.231. The van der Waals surface area contributed by atoms with Crippen LogP contribution in [0.2, 0.25) is 0 Å². The van der Waals surface area contributed by atoms with Gasteiger partial charge in [-0.3, -0.25) is 0 Å². The van der Waals surface area contributed by atoms with Gasteiger partial charge in [0.05, 0.1) is 6.35 Å². The molecule has 0 saturated carbocycles. The van der Waals surface area contributed by atoms with Crippen molar-refractivity contribution in [2.45, 2.75) is 12.5 Å². The average Bonchev–Trinajstić information content (AvgIpc) is 1.84. The molecule has 0 spiro atoms. The van der Waals surface area contributed by atoms with Gasteiger partial charge < -0.3 is 4.74 Å². The van der Waals surface area contributed by atoms with Crippen molar-refractivity contribution < 1.29 is 22.3 Å². The molecule has 0 heterocycles. The van der Waals surface area contributed by atoms with Crippen molar-refractivity contribution in [3.05, 3.63) is 0 Å². The molecule has 0 aliphatic carbocycles. The van der Waals surface area contributed by atoms with Gasteiger partial charge in [0.1, 0.15) is 0 Å². The Labute approximate surface area is 57.5 Å². The normalized spacial score (nSPS) is 13.8. The molecule has 0 N–H and O–H groups in total. The first-order valence-corrected chi connectivity index (χ1v) is 4.16. The minimum Gasteiger partial charge on any atom is -0.312 e. The van der Waals surface area contributed by atoms with Crippen molar-refractivity contribution in [1.29, 1.82) is 0 Å². The number of alkyl halides is 4. The van der Waals surface area contributed by atoms with Crippen LogP contribution in [-0.2, 0) is 4.74 Å². The number of ether oxygens (including phenoxy) is 1. The number of rotatable bonds is 4. The Morgan fingerprint density at radius 1 is 1.50 bits per heavy atom. The maximum absolute atomic E-state index is 11.8. The Hall–Kier alpha value is 0.110. The number of hydrogen-bond donors (Lipinski definition) is 0. The Morgan fingerprint density at radius 2 is 2.00 bits per heavy atom. The molecule has 0 saturated heterocycles. The van der Waals surface area contributed by atoms with E-state index in [1.807, 2.05) is 0 Å². The molecule has 10 heavy (non-hydrogen) atoms. The minimum absolute atomic E-state index is 0.0885. The zero-order chi connectivity index (χ0) is 8.20. The molecule has 0 aromatic carbocycles. The summed E-state index contributed by atoms with van der Waals surface area (Å²) < 4.78 is 49.6. The van der Waals surface area contributed by atoms with Crippen LogP contribution < -0.4 is 0 Å². The molecule has 0 aliphatic rings. The summed E-state index contributed by atoms with van der Waals surface area (Å²) in [6, 6.07) is 0. The van der Waals surface area contributed by atoms with Crippen LogP contribution in [0.5, 0.6) is 0 Å². The fraction of sp³-hybridized carbons (Fsp3) is 1.00. The van der Waals surface area contributed by atoms with Crippen LogP contribution in [0.4, 0.5) is 17.6 Å². The van der Waals surface area contributed by atoms with E-state index in [2.05, 4.69) is 4.74 Å². The third kappa shape index (κ3) is 3.32. The first-order valence-electron chi connectivity index (χ1n) is 2.45. The van der Waals surface area contributed by atoms with Crippen LogP contribution in [-0.4, -0.2) is 25.5 Å². The van der Waals surface area contributed by atoms with Crippen LogP contribution in [0.25, 0.3) is 0 Å². The standard InChI is InChI=1S/C4H7F4OP/c1-10-2-9-4(7,8)3(5)6/h3,10H,2H2,1H3. The van der Waals surface area contributed by atoms with Crippen LogP contribution in [0.15, 0.2) is 0 Å². The molecule has 62 valence electrons. The average molecular weight is 178 g/mol. The van der Waals surface area contributed by atoms with Crippen molar-refractivity contribution >= 4 is 8.58 Å². The SMILES string of the molecule is CPCOC(F)(F)C(F)F. The summed E-state index contributed by atoms with van der Waals surface area (Å²) in [6.07, 6.45) is -8.33. The molecule has 0 aromatic rings. The molecule has 0 aromatic heterocycles. The van der Waals surface area contributed by atoms with Gasteiger partial charge in [-0.05, 0) is 6.66 Å². The van der Waals surface area contributed by atoms with E-state index < -0.39 is 12.5 Å². The molecule has 1 atom stereocenters. The van der Waals surface area contributed by atoms with E-state index in [-0.39, 0.29) is 14.9 Å². The lowest BCUT2D eigenvalue weighted by atomic mass is 10.7. The summed E-state index contributed by atoms with van der Waals surface area (Å²) in [6.45, 7) is 1.58. The van der Waals surface area contributed by atoms with E-state index in [1.165, 1.54) is 0 Å². The van der Waals surface area contributed by atoms with Gasteiger partial charge in [0, 0.05) is 0 Å². The zero-order valence-electron chi connectivity index (χ0n) is 5.20. The molecule has 0 amide bonds. The summed E-state index contributed by atoms with van der Waals surface area (Å²) in [5.74, 6) is 0. The van der Waals surface area contributed by atoms with E-state index in [9.17, 15) is 17.6 Å². The van der Waals surface area contributed by atoms with E-state index in [0.29, 0.717) is 0 Å². The number of hydrogen-bond acceptors (Lipinski definition) is 1. The highest BCUT2D eigenvalue weighted by molar-refractivity contribution is 7.36. The smallest absolute Gasteiger partial charge is 0.312 e. The molecular formula is C4H7F4OP. The van der Waals surface area contributed by atoms with Crippen molar-refractivity contribution in [1.82, 2.24) is 0 Å². The summed E-state index contributed by atoms with van der Waals surface area (Å²) in [5, 5.41) is 0. The molecule has 0 radical (unpaired) electrons. The predicted molar refractivity (Wildman–Crippen MR) is 31.1 cm³/mol. The van der Waals surface area contributed by atoms with Crippen LogP contribution >= 0.6 is 8.58 Å². The van der Waals surface area contributed by atoms with Crippen molar-refractivity contribution in [3.8, 4) is 0 Å². The van der Waals surface area contributed by atoms with Gasteiger partial charge in [0.2, 0.25) is 0 Å². The highest BCUT2D eigenvalue weighted by Crippen LogP contribution is 2.25. The first-order chi connectivity index (χ1) is 4.50. The lowest BCUT2D eigenvalue weighted by Crippen LogP contribution is -2.29. The van der Waals surface area contributed by atoms with Crippen molar-refractivity contribution in [2.75, 3.05) is 13.0 Å². The Morgan fingerprint density at radius 3 is 2.30 bits per heavy atom. The van der Waals surface area contributed by atoms with Crippen molar-refractivity contribution in [2.24, 2.45) is 0 Å². The van der Waals surface area contributed by atoms with Crippen LogP contribution in [0.3, 0.4) is 0 Å². The van der Waals surface area contributed by atoms with E-state index >= 15 is 0 Å². The predicted octanol–water partition coefficient (Wildman–Crippen LogP) is 2.13. The Kier molecular flexibility index (Phi) is 4.13.